The monoisotopic (exact) mass is 188 g/mol. The number of isothiocyanates is 1. The molecule has 0 bridgehead atoms. The number of thiocarbonyl (C=S) groups is 1. The molecule has 11 heavy (non-hydrogen) atoms. The van der Waals surface area contributed by atoms with E-state index in [2.05, 4.69) is 27.4 Å². The van der Waals surface area contributed by atoms with Gasteiger partial charge in [0.05, 0.1) is 18.3 Å². The third kappa shape index (κ3) is 9.53. The van der Waals surface area contributed by atoms with E-state index in [0.717, 1.165) is 11.5 Å². The Bertz CT molecular complexity index is 163. The maximum Gasteiger partial charge on any atom is 0.234 e. The summed E-state index contributed by atoms with van der Waals surface area (Å²) in [5, 5.41) is 2.28. The highest BCUT2D eigenvalue weighted by Crippen LogP contribution is 1.97. The number of hydrogen-bond acceptors (Lipinski definition) is 5. The quantitative estimate of drug-likeness (QED) is 0.272. The van der Waals surface area contributed by atoms with Crippen molar-refractivity contribution in [3.8, 4) is 0 Å². The molecule has 0 heterocycles. The van der Waals surface area contributed by atoms with Crippen molar-refractivity contribution in [2.24, 2.45) is 9.98 Å². The SMILES string of the molecule is O=C=NCCSCCN=C=S. The van der Waals surface area contributed by atoms with E-state index in [1.54, 1.807) is 11.8 Å². The molecule has 0 unspecified atom stereocenters. The van der Waals surface area contributed by atoms with Gasteiger partial charge in [-0.05, 0) is 12.2 Å². The van der Waals surface area contributed by atoms with Crippen LogP contribution in [0.3, 0.4) is 0 Å². The Balaban J connectivity index is 3.02. The fourth-order valence-corrected chi connectivity index (χ4v) is 1.15. The number of hydrogen-bond donors (Lipinski definition) is 0. The Labute approximate surface area is 75.0 Å². The lowest BCUT2D eigenvalue weighted by Gasteiger charge is -1.91. The highest BCUT2D eigenvalue weighted by atomic mass is 32.2. The molecule has 0 radical (unpaired) electrons. The summed E-state index contributed by atoms with van der Waals surface area (Å²) < 4.78 is 0. The van der Waals surface area contributed by atoms with E-state index in [1.807, 2.05) is 0 Å². The molecule has 0 fully saturated rings. The highest BCUT2D eigenvalue weighted by Gasteiger charge is 1.85. The van der Waals surface area contributed by atoms with Crippen LogP contribution in [0, 0.1) is 0 Å². The summed E-state index contributed by atoms with van der Waals surface area (Å²) in [6, 6.07) is 0. The van der Waals surface area contributed by atoms with E-state index in [1.165, 1.54) is 6.08 Å². The molecular weight excluding hydrogens is 180 g/mol. The summed E-state index contributed by atoms with van der Waals surface area (Å²) in [7, 11) is 0. The van der Waals surface area contributed by atoms with Gasteiger partial charge in [-0.15, -0.1) is 0 Å². The van der Waals surface area contributed by atoms with Crippen molar-refractivity contribution in [1.29, 1.82) is 0 Å². The number of thioether (sulfide) groups is 1. The molecule has 0 saturated carbocycles. The van der Waals surface area contributed by atoms with Gasteiger partial charge in [0.25, 0.3) is 0 Å². The summed E-state index contributed by atoms with van der Waals surface area (Å²) in [5.41, 5.74) is 0. The van der Waals surface area contributed by atoms with Gasteiger partial charge in [0.15, 0.2) is 0 Å². The lowest BCUT2D eigenvalue weighted by atomic mass is 10.8. The Kier molecular flexibility index (Phi) is 9.12. The molecule has 0 rings (SSSR count). The van der Waals surface area contributed by atoms with Crippen molar-refractivity contribution in [2.75, 3.05) is 24.6 Å². The topological polar surface area (TPSA) is 41.8 Å². The third-order valence-electron chi connectivity index (χ3n) is 0.824. The average Bonchev–Trinajstić information content (AvgIpc) is 2.03. The van der Waals surface area contributed by atoms with Crippen LogP contribution in [0.1, 0.15) is 0 Å². The summed E-state index contributed by atoms with van der Waals surface area (Å²) in [4.78, 5) is 16.7. The standard InChI is InChI=1S/C6H8N2OS2/c9-5-7-1-3-11-4-2-8-6-10/h1-4H2. The molecule has 0 aliphatic heterocycles. The largest absolute Gasteiger partial charge is 0.234 e. The molecule has 0 saturated heterocycles. The van der Waals surface area contributed by atoms with Gasteiger partial charge in [-0.3, -0.25) is 0 Å². The zero-order valence-electron chi connectivity index (χ0n) is 5.95. The van der Waals surface area contributed by atoms with Crippen LogP contribution in [0.5, 0.6) is 0 Å². The first kappa shape index (κ1) is 10.5. The number of carbonyl (C=O) groups excluding carboxylic acids is 1. The lowest BCUT2D eigenvalue weighted by Crippen LogP contribution is -1.89. The van der Waals surface area contributed by atoms with Crippen LogP contribution in [0.15, 0.2) is 9.98 Å². The Hall–Kier alpha value is -0.470. The predicted octanol–water partition coefficient (Wildman–Crippen LogP) is 1.16. The van der Waals surface area contributed by atoms with Gasteiger partial charge < -0.3 is 0 Å². The van der Waals surface area contributed by atoms with Gasteiger partial charge in [0, 0.05) is 11.5 Å². The van der Waals surface area contributed by atoms with Gasteiger partial charge in [0.2, 0.25) is 6.08 Å². The van der Waals surface area contributed by atoms with Crippen molar-refractivity contribution in [2.45, 2.75) is 0 Å². The molecule has 0 aromatic heterocycles. The van der Waals surface area contributed by atoms with Gasteiger partial charge in [-0.2, -0.15) is 11.8 Å². The minimum absolute atomic E-state index is 0.537. The molecular formula is C6H8N2OS2. The van der Waals surface area contributed by atoms with Crippen LogP contribution in [-0.2, 0) is 4.79 Å². The van der Waals surface area contributed by atoms with E-state index >= 15 is 0 Å². The summed E-state index contributed by atoms with van der Waals surface area (Å²) in [5.74, 6) is 1.74. The molecule has 0 amide bonds. The van der Waals surface area contributed by atoms with Crippen LogP contribution >= 0.6 is 24.0 Å². The van der Waals surface area contributed by atoms with Crippen molar-refractivity contribution < 1.29 is 4.79 Å². The number of aliphatic imine (C=N–C) groups is 2. The molecule has 0 aromatic rings. The molecule has 0 aliphatic carbocycles. The van der Waals surface area contributed by atoms with Crippen LogP contribution in [-0.4, -0.2) is 35.8 Å². The van der Waals surface area contributed by atoms with Crippen LogP contribution in [0.2, 0.25) is 0 Å². The van der Waals surface area contributed by atoms with E-state index in [9.17, 15) is 4.79 Å². The molecule has 60 valence electrons. The van der Waals surface area contributed by atoms with Crippen molar-refractivity contribution in [3.05, 3.63) is 0 Å². The fourth-order valence-electron chi connectivity index (χ4n) is 0.414. The molecule has 0 aromatic carbocycles. The minimum atomic E-state index is 0.537. The Morgan fingerprint density at radius 1 is 1.27 bits per heavy atom. The van der Waals surface area contributed by atoms with E-state index < -0.39 is 0 Å². The smallest absolute Gasteiger partial charge is 0.232 e. The second-order valence-electron chi connectivity index (χ2n) is 1.56. The van der Waals surface area contributed by atoms with Gasteiger partial charge >= 0.3 is 0 Å². The van der Waals surface area contributed by atoms with Crippen LogP contribution in [0.25, 0.3) is 0 Å². The molecule has 0 aliphatic rings. The predicted molar refractivity (Wildman–Crippen MR) is 50.2 cm³/mol. The fraction of sp³-hybridized carbons (Fsp3) is 0.667. The molecule has 0 atom stereocenters. The van der Waals surface area contributed by atoms with E-state index in [4.69, 9.17) is 0 Å². The van der Waals surface area contributed by atoms with Gasteiger partial charge in [-0.25, -0.2) is 14.8 Å². The van der Waals surface area contributed by atoms with Crippen molar-refractivity contribution in [1.82, 2.24) is 0 Å². The zero-order valence-corrected chi connectivity index (χ0v) is 7.58. The van der Waals surface area contributed by atoms with Crippen LogP contribution < -0.4 is 0 Å². The molecule has 0 N–H and O–H groups in total. The summed E-state index contributed by atoms with van der Waals surface area (Å²) in [6.45, 7) is 1.23. The minimum Gasteiger partial charge on any atom is -0.232 e. The third-order valence-corrected chi connectivity index (χ3v) is 1.90. The van der Waals surface area contributed by atoms with Crippen molar-refractivity contribution >= 4 is 35.2 Å². The first-order chi connectivity index (χ1) is 5.41. The molecule has 3 nitrogen and oxygen atoms in total. The second kappa shape index (κ2) is 9.53. The molecule has 5 heteroatoms. The summed E-state index contributed by atoms with van der Waals surface area (Å²) in [6.07, 6.45) is 1.48. The average molecular weight is 188 g/mol. The first-order valence-corrected chi connectivity index (χ1v) is 4.63. The normalized spacial score (nSPS) is 8.00. The number of nitrogens with zero attached hydrogens (tertiary/aromatic N) is 2. The lowest BCUT2D eigenvalue weighted by molar-refractivity contribution is 0.563. The van der Waals surface area contributed by atoms with Gasteiger partial charge in [-0.1, -0.05) is 0 Å². The highest BCUT2D eigenvalue weighted by molar-refractivity contribution is 7.99. The Morgan fingerprint density at radius 2 is 1.91 bits per heavy atom. The summed E-state index contributed by atoms with van der Waals surface area (Å²) >= 11 is 6.06. The van der Waals surface area contributed by atoms with Gasteiger partial charge in [0.1, 0.15) is 0 Å². The van der Waals surface area contributed by atoms with Crippen LogP contribution in [0.4, 0.5) is 0 Å². The zero-order chi connectivity index (χ0) is 8.36. The Morgan fingerprint density at radius 3 is 2.45 bits per heavy atom. The van der Waals surface area contributed by atoms with E-state index in [0.29, 0.717) is 13.1 Å². The second-order valence-corrected chi connectivity index (χ2v) is 2.97. The van der Waals surface area contributed by atoms with Crippen molar-refractivity contribution in [3.63, 3.8) is 0 Å². The molecule has 0 spiro atoms. The maximum absolute atomic E-state index is 9.60. The maximum atomic E-state index is 9.60. The number of isocyanates is 1. The first-order valence-electron chi connectivity index (χ1n) is 3.07. The number of rotatable bonds is 6. The van der Waals surface area contributed by atoms with E-state index in [-0.39, 0.29) is 0 Å².